The molecule has 0 bridgehead atoms. The average molecular weight is 329 g/mol. The van der Waals surface area contributed by atoms with Gasteiger partial charge >= 0.3 is 12.1 Å². The molecule has 0 aromatic carbocycles. The molecule has 0 heterocycles. The van der Waals surface area contributed by atoms with E-state index in [1.165, 1.54) is 0 Å². The highest BCUT2D eigenvalue weighted by Gasteiger charge is 2.18. The van der Waals surface area contributed by atoms with Crippen molar-refractivity contribution in [2.75, 3.05) is 37.9 Å². The Kier molecular flexibility index (Phi) is 10.2. The molecule has 0 unspecified atom stereocenters. The lowest BCUT2D eigenvalue weighted by atomic mass is 10.5. The van der Waals surface area contributed by atoms with Crippen molar-refractivity contribution in [3.8, 4) is 0 Å². The molecule has 0 fully saturated rings. The normalized spacial score (nSPS) is 9.50. The number of carbonyl (C=O) groups is 2. The highest BCUT2D eigenvalue weighted by Crippen LogP contribution is 1.96. The summed E-state index contributed by atoms with van der Waals surface area (Å²) in [5.41, 5.74) is 0. The van der Waals surface area contributed by atoms with Crippen LogP contribution in [-0.4, -0.2) is 60.0 Å². The Morgan fingerprint density at radius 2 is 1.20 bits per heavy atom. The molecule has 0 aliphatic carbocycles. The number of nitrogens with zero attached hydrogens (tertiary/aromatic N) is 4. The molecule has 0 radical (unpaired) electrons. The first kappa shape index (κ1) is 18.3. The van der Waals surface area contributed by atoms with Crippen LogP contribution in [0.2, 0.25) is 0 Å². The van der Waals surface area contributed by atoms with Gasteiger partial charge in [0.05, 0.1) is 23.7 Å². The molecule has 4 amide bonds. The lowest BCUT2D eigenvalue weighted by Gasteiger charge is -2.17. The van der Waals surface area contributed by atoms with Crippen molar-refractivity contribution in [3.63, 3.8) is 0 Å². The second kappa shape index (κ2) is 11.2. The quantitative estimate of drug-likeness (QED) is 0.370. The molecule has 2 N–H and O–H groups in total. The molecule has 10 nitrogen and oxygen atoms in total. The summed E-state index contributed by atoms with van der Waals surface area (Å²) < 4.78 is 0. The molecule has 0 atom stereocenters. The summed E-state index contributed by atoms with van der Waals surface area (Å²) in [4.78, 5) is 43.8. The molecular weight excluding hydrogens is 315 g/mol. The number of nitrogens with one attached hydrogen (secondary N) is 2. The Morgan fingerprint density at radius 1 is 0.850 bits per heavy atom. The molecule has 0 aromatic rings. The number of rotatable bonds is 9. The Labute approximate surface area is 124 Å². The van der Waals surface area contributed by atoms with E-state index in [1.54, 1.807) is 0 Å². The van der Waals surface area contributed by atoms with E-state index < -0.39 is 12.1 Å². The number of carbonyl (C=O) groups excluding carboxylic acids is 2. The van der Waals surface area contributed by atoms with Crippen molar-refractivity contribution in [1.82, 2.24) is 20.7 Å². The maximum atomic E-state index is 11.4. The molecule has 114 valence electrons. The molecule has 0 rings (SSSR count). The molecule has 0 aliphatic rings. The Morgan fingerprint density at radius 3 is 1.45 bits per heavy atom. The van der Waals surface area contributed by atoms with Crippen LogP contribution in [0.1, 0.15) is 0 Å². The van der Waals surface area contributed by atoms with Crippen molar-refractivity contribution in [1.29, 1.82) is 0 Å². The predicted molar refractivity (Wildman–Crippen MR) is 73.2 cm³/mol. The monoisotopic (exact) mass is 328 g/mol. The van der Waals surface area contributed by atoms with Gasteiger partial charge in [0.15, 0.2) is 0 Å². The van der Waals surface area contributed by atoms with Crippen molar-refractivity contribution < 1.29 is 9.59 Å². The van der Waals surface area contributed by atoms with Gasteiger partial charge in [-0.15, -0.1) is 33.0 Å². The SMILES string of the molecule is O=NN(CCN(N=O)C(=O)NCCCl)C(=O)NCCCl. The van der Waals surface area contributed by atoms with E-state index >= 15 is 0 Å². The molecule has 0 saturated heterocycles. The van der Waals surface area contributed by atoms with Gasteiger partial charge < -0.3 is 10.6 Å². The summed E-state index contributed by atoms with van der Waals surface area (Å²) in [5.74, 6) is 0.336. The van der Waals surface area contributed by atoms with Gasteiger partial charge in [0.1, 0.15) is 0 Å². The van der Waals surface area contributed by atoms with Crippen LogP contribution in [-0.2, 0) is 0 Å². The minimum Gasteiger partial charge on any atom is -0.335 e. The van der Waals surface area contributed by atoms with Crippen molar-refractivity contribution in [2.24, 2.45) is 10.6 Å². The van der Waals surface area contributed by atoms with Crippen LogP contribution >= 0.6 is 23.2 Å². The minimum absolute atomic E-state index is 0.151. The van der Waals surface area contributed by atoms with Gasteiger partial charge in [-0.05, 0) is 0 Å². The molecule has 20 heavy (non-hydrogen) atoms. The van der Waals surface area contributed by atoms with E-state index in [0.29, 0.717) is 10.0 Å². The molecular formula is C8H14Cl2N6O4. The fraction of sp³-hybridized carbons (Fsp3) is 0.750. The van der Waals surface area contributed by atoms with Crippen molar-refractivity contribution in [2.45, 2.75) is 0 Å². The lowest BCUT2D eigenvalue weighted by Crippen LogP contribution is -2.44. The van der Waals surface area contributed by atoms with Gasteiger partial charge in [-0.25, -0.2) is 9.59 Å². The van der Waals surface area contributed by atoms with Crippen LogP contribution in [0.5, 0.6) is 0 Å². The maximum Gasteiger partial charge on any atom is 0.340 e. The maximum absolute atomic E-state index is 11.4. The Balaban J connectivity index is 4.30. The third kappa shape index (κ3) is 7.04. The van der Waals surface area contributed by atoms with E-state index in [2.05, 4.69) is 21.2 Å². The van der Waals surface area contributed by atoms with Gasteiger partial charge in [-0.1, -0.05) is 0 Å². The van der Waals surface area contributed by atoms with Gasteiger partial charge in [-0.2, -0.15) is 10.0 Å². The largest absolute Gasteiger partial charge is 0.340 e. The fourth-order valence-corrected chi connectivity index (χ4v) is 1.23. The second-order valence-electron chi connectivity index (χ2n) is 3.25. The van der Waals surface area contributed by atoms with Gasteiger partial charge in [0.2, 0.25) is 0 Å². The average Bonchev–Trinajstić information content (AvgIpc) is 2.46. The first-order chi connectivity index (χ1) is 9.60. The summed E-state index contributed by atoms with van der Waals surface area (Å²) in [6.45, 7) is -0.286. The molecule has 0 aliphatic heterocycles. The summed E-state index contributed by atoms with van der Waals surface area (Å²) in [6, 6.07) is -1.57. The molecule has 12 heteroatoms. The number of nitroso groups, excluding NO2 is 2. The number of hydrogen-bond acceptors (Lipinski definition) is 6. The number of urea groups is 2. The smallest absolute Gasteiger partial charge is 0.335 e. The summed E-state index contributed by atoms with van der Waals surface area (Å²) in [6.07, 6.45) is 0. The highest BCUT2D eigenvalue weighted by atomic mass is 35.5. The topological polar surface area (TPSA) is 124 Å². The van der Waals surface area contributed by atoms with E-state index in [4.69, 9.17) is 23.2 Å². The van der Waals surface area contributed by atoms with E-state index in [9.17, 15) is 19.4 Å². The van der Waals surface area contributed by atoms with Crippen molar-refractivity contribution >= 4 is 35.3 Å². The summed E-state index contributed by atoms with van der Waals surface area (Å²) in [5, 5.41) is 10.6. The molecule has 0 aromatic heterocycles. The molecule has 0 saturated carbocycles. The fourth-order valence-electron chi connectivity index (χ4n) is 1.04. The summed E-state index contributed by atoms with van der Waals surface area (Å²) in [7, 11) is 0. The van der Waals surface area contributed by atoms with E-state index in [1.807, 2.05) is 0 Å². The molecule has 0 spiro atoms. The zero-order valence-electron chi connectivity index (χ0n) is 10.4. The van der Waals surface area contributed by atoms with Crippen LogP contribution in [0.4, 0.5) is 9.59 Å². The number of hydrogen-bond donors (Lipinski definition) is 2. The van der Waals surface area contributed by atoms with Gasteiger partial charge in [-0.3, -0.25) is 0 Å². The highest BCUT2D eigenvalue weighted by molar-refractivity contribution is 6.18. The summed E-state index contributed by atoms with van der Waals surface area (Å²) >= 11 is 10.7. The third-order valence-electron chi connectivity index (χ3n) is 1.93. The number of amides is 4. The Hall–Kier alpha value is -1.68. The van der Waals surface area contributed by atoms with Crippen LogP contribution in [0.25, 0.3) is 0 Å². The van der Waals surface area contributed by atoms with Crippen LogP contribution < -0.4 is 10.6 Å². The third-order valence-corrected chi connectivity index (χ3v) is 2.31. The number of halogens is 2. The number of alkyl halides is 2. The zero-order chi connectivity index (χ0) is 15.4. The minimum atomic E-state index is -0.785. The van der Waals surface area contributed by atoms with Gasteiger partial charge in [0, 0.05) is 24.8 Å². The first-order valence-corrected chi connectivity index (χ1v) is 6.56. The van der Waals surface area contributed by atoms with Gasteiger partial charge in [0.25, 0.3) is 0 Å². The van der Waals surface area contributed by atoms with E-state index in [-0.39, 0.29) is 37.9 Å². The first-order valence-electron chi connectivity index (χ1n) is 5.49. The Bertz CT molecular complexity index is 313. The zero-order valence-corrected chi connectivity index (χ0v) is 11.9. The standard InChI is InChI=1S/C8H14Cl2N6O4/c9-1-3-11-7(17)15(13-19)5-6-16(14-20)8(18)12-4-2-10/h1-6H2,(H,11,17)(H,12,18). The van der Waals surface area contributed by atoms with Crippen LogP contribution in [0.3, 0.4) is 0 Å². The van der Waals surface area contributed by atoms with Crippen molar-refractivity contribution in [3.05, 3.63) is 9.81 Å². The predicted octanol–water partition coefficient (Wildman–Crippen LogP) is 0.850. The van der Waals surface area contributed by atoms with E-state index in [0.717, 1.165) is 0 Å². The van der Waals surface area contributed by atoms with Crippen LogP contribution in [0, 0.1) is 9.81 Å². The van der Waals surface area contributed by atoms with Crippen LogP contribution in [0.15, 0.2) is 10.6 Å². The lowest BCUT2D eigenvalue weighted by molar-refractivity contribution is 0.177. The second-order valence-corrected chi connectivity index (χ2v) is 4.01.